The number of aromatic nitrogens is 2. The zero-order valence-electron chi connectivity index (χ0n) is 32.2. The van der Waals surface area contributed by atoms with Gasteiger partial charge in [0.15, 0.2) is 11.7 Å². The minimum absolute atomic E-state index is 0.493. The monoisotopic (exact) mass is 755 g/mol. The van der Waals surface area contributed by atoms with Crippen molar-refractivity contribution in [2.75, 3.05) is 0 Å². The molecule has 0 amide bonds. The maximum absolute atomic E-state index is 5.16. The first-order valence-electron chi connectivity index (χ1n) is 19.9. The van der Waals surface area contributed by atoms with Gasteiger partial charge in [0.1, 0.15) is 0 Å². The van der Waals surface area contributed by atoms with E-state index in [2.05, 4.69) is 173 Å². The van der Waals surface area contributed by atoms with Crippen molar-refractivity contribution in [3.05, 3.63) is 217 Å². The molecule has 0 spiro atoms. The van der Waals surface area contributed by atoms with Gasteiger partial charge in [0, 0.05) is 49.1 Å². The zero-order valence-corrected chi connectivity index (χ0v) is 32.2. The Labute approximate surface area is 341 Å². The van der Waals surface area contributed by atoms with Crippen molar-refractivity contribution >= 4 is 83.5 Å². The number of aliphatic imine (C=N–C) groups is 3. The maximum Gasteiger partial charge on any atom is 0.161 e. The molecule has 59 heavy (non-hydrogen) atoms. The second-order valence-corrected chi connectivity index (χ2v) is 14.9. The van der Waals surface area contributed by atoms with Crippen molar-refractivity contribution in [2.45, 2.75) is 6.54 Å². The summed E-state index contributed by atoms with van der Waals surface area (Å²) in [6.45, 7) is 4.54. The molecule has 0 unspecified atom stereocenters. The van der Waals surface area contributed by atoms with Gasteiger partial charge >= 0.3 is 0 Å². The van der Waals surface area contributed by atoms with Gasteiger partial charge in [0.05, 0.1) is 34.3 Å². The van der Waals surface area contributed by atoms with E-state index >= 15 is 0 Å². The Morgan fingerprint density at radius 2 is 1.05 bits per heavy atom. The van der Waals surface area contributed by atoms with E-state index < -0.39 is 0 Å². The second kappa shape index (κ2) is 14.2. The van der Waals surface area contributed by atoms with Crippen LogP contribution >= 0.6 is 0 Å². The smallest absolute Gasteiger partial charge is 0.161 e. The minimum Gasteiger partial charge on any atom is -0.309 e. The molecule has 2 heterocycles. The van der Waals surface area contributed by atoms with Gasteiger partial charge in [0.2, 0.25) is 0 Å². The van der Waals surface area contributed by atoms with E-state index in [1.54, 1.807) is 0 Å². The highest BCUT2D eigenvalue weighted by Crippen LogP contribution is 2.42. The third-order valence-electron chi connectivity index (χ3n) is 11.4. The molecular weight excluding hydrogens is 719 g/mol. The van der Waals surface area contributed by atoms with E-state index in [1.807, 2.05) is 48.5 Å². The van der Waals surface area contributed by atoms with Gasteiger partial charge in [0.25, 0.3) is 0 Å². The summed E-state index contributed by atoms with van der Waals surface area (Å²) in [5, 5.41) is 9.48. The highest BCUT2D eigenvalue weighted by atomic mass is 15.0. The minimum atomic E-state index is 0.493. The lowest BCUT2D eigenvalue weighted by Gasteiger charge is -2.15. The van der Waals surface area contributed by atoms with Crippen LogP contribution in [0.25, 0.3) is 76.5 Å². The lowest BCUT2D eigenvalue weighted by atomic mass is 10.0. The summed E-state index contributed by atoms with van der Waals surface area (Å²) in [4.78, 5) is 14.8. The average molecular weight is 756 g/mol. The van der Waals surface area contributed by atoms with Crippen LogP contribution in [0.5, 0.6) is 0 Å². The highest BCUT2D eigenvalue weighted by Gasteiger charge is 2.21. The van der Waals surface area contributed by atoms with Crippen LogP contribution in [0.15, 0.2) is 215 Å². The number of hydrogen-bond acceptors (Lipinski definition) is 1. The second-order valence-electron chi connectivity index (χ2n) is 14.9. The molecule has 0 saturated heterocycles. The van der Waals surface area contributed by atoms with Crippen LogP contribution in [0, 0.1) is 0 Å². The summed E-state index contributed by atoms with van der Waals surface area (Å²) < 4.78 is 4.86. The number of rotatable bonds is 6. The molecule has 5 heteroatoms. The van der Waals surface area contributed by atoms with Crippen molar-refractivity contribution < 1.29 is 0 Å². The predicted octanol–water partition coefficient (Wildman–Crippen LogP) is 13.3. The average Bonchev–Trinajstić information content (AvgIpc) is 3.81. The van der Waals surface area contributed by atoms with Crippen molar-refractivity contribution in [1.29, 1.82) is 0 Å². The van der Waals surface area contributed by atoms with E-state index in [1.165, 1.54) is 37.8 Å². The van der Waals surface area contributed by atoms with Crippen LogP contribution in [-0.2, 0) is 6.54 Å². The van der Waals surface area contributed by atoms with Crippen molar-refractivity contribution in [1.82, 2.24) is 9.13 Å². The van der Waals surface area contributed by atoms with E-state index in [-0.39, 0.29) is 0 Å². The lowest BCUT2D eigenvalue weighted by Crippen LogP contribution is -2.07. The topological polar surface area (TPSA) is 46.9 Å². The molecule has 11 aromatic rings. The predicted molar refractivity (Wildman–Crippen MR) is 249 cm³/mol. The summed E-state index contributed by atoms with van der Waals surface area (Å²) in [7, 11) is 0. The van der Waals surface area contributed by atoms with Crippen LogP contribution < -0.4 is 0 Å². The van der Waals surface area contributed by atoms with Gasteiger partial charge < -0.3 is 9.13 Å². The Morgan fingerprint density at radius 1 is 0.424 bits per heavy atom. The molecule has 0 saturated carbocycles. The normalized spacial score (nSPS) is 12.4. The fraction of sp³-hybridized carbons (Fsp3) is 0.0185. The molecular formula is C54H37N5. The molecule has 2 aromatic heterocycles. The van der Waals surface area contributed by atoms with Gasteiger partial charge in [-0.1, -0.05) is 158 Å². The first kappa shape index (κ1) is 34.4. The summed E-state index contributed by atoms with van der Waals surface area (Å²) in [6.07, 6.45) is 0. The van der Waals surface area contributed by atoms with E-state index in [0.717, 1.165) is 55.4 Å². The third kappa shape index (κ3) is 5.82. The van der Waals surface area contributed by atoms with Crippen LogP contribution in [0.4, 0.5) is 0 Å². The number of fused-ring (bicyclic) bond motifs is 9. The summed E-state index contributed by atoms with van der Waals surface area (Å²) in [6, 6.07) is 70.8. The van der Waals surface area contributed by atoms with Gasteiger partial charge in [-0.2, -0.15) is 0 Å². The zero-order chi connectivity index (χ0) is 39.3. The van der Waals surface area contributed by atoms with Gasteiger partial charge in [-0.15, -0.1) is 0 Å². The highest BCUT2D eigenvalue weighted by molar-refractivity contribution is 6.24. The third-order valence-corrected chi connectivity index (χ3v) is 11.4. The molecule has 5 nitrogen and oxygen atoms in total. The fourth-order valence-electron chi connectivity index (χ4n) is 8.77. The number of hydrogen-bond donors (Lipinski definition) is 0. The molecule has 0 fully saturated rings. The largest absolute Gasteiger partial charge is 0.309 e. The van der Waals surface area contributed by atoms with Gasteiger partial charge in [-0.3, -0.25) is 4.99 Å². The van der Waals surface area contributed by atoms with Crippen LogP contribution in [0.3, 0.4) is 0 Å². The lowest BCUT2D eigenvalue weighted by molar-refractivity contribution is 1.06. The summed E-state index contributed by atoms with van der Waals surface area (Å²) in [5.74, 6) is 1.11. The molecule has 278 valence electrons. The van der Waals surface area contributed by atoms with Crippen LogP contribution in [0.2, 0.25) is 0 Å². The molecule has 0 aliphatic heterocycles. The molecule has 9 aromatic carbocycles. The molecule has 0 atom stereocenters. The molecule has 0 aliphatic rings. The van der Waals surface area contributed by atoms with Gasteiger partial charge in [-0.05, 0) is 65.5 Å². The van der Waals surface area contributed by atoms with Gasteiger partial charge in [-0.25, -0.2) is 9.98 Å². The molecule has 0 radical (unpaired) electrons. The van der Waals surface area contributed by atoms with E-state index in [9.17, 15) is 0 Å². The van der Waals surface area contributed by atoms with Crippen molar-refractivity contribution in [3.8, 4) is 11.4 Å². The Kier molecular flexibility index (Phi) is 8.30. The quantitative estimate of drug-likeness (QED) is 0.120. The number of nitrogens with zero attached hydrogens (tertiary/aromatic N) is 5. The molecule has 11 rings (SSSR count). The maximum atomic E-state index is 5.16. The first-order valence-corrected chi connectivity index (χ1v) is 19.9. The molecule has 0 aliphatic carbocycles. The van der Waals surface area contributed by atoms with Crippen molar-refractivity contribution in [2.24, 2.45) is 15.0 Å². The Bertz CT molecular complexity index is 3470. The molecule has 0 bridgehead atoms. The summed E-state index contributed by atoms with van der Waals surface area (Å²) >= 11 is 0. The van der Waals surface area contributed by atoms with E-state index in [4.69, 9.17) is 9.98 Å². The SMILES string of the molecule is C=NC(=NC(=NCc1ccccc1)c1ccccc1)c1cc(-n2c3ccccc3c3cc4c5ccc6ccccc6c5n(-c5ccccc5)c4cc32)c2ccccc2c1. The van der Waals surface area contributed by atoms with Crippen LogP contribution in [-0.4, -0.2) is 27.5 Å². The van der Waals surface area contributed by atoms with Crippen LogP contribution in [0.1, 0.15) is 16.7 Å². The van der Waals surface area contributed by atoms with Crippen molar-refractivity contribution in [3.63, 3.8) is 0 Å². The van der Waals surface area contributed by atoms with E-state index in [0.29, 0.717) is 18.2 Å². The standard InChI is InChI=1S/C54H37N5/c1-55-53(57-54(38-20-7-3-8-21-38)56-35-36-17-5-2-6-18-36)40-31-39-22-12-13-25-42(39)49(32-40)59-48-28-16-15-27-44(48)46-33-47-45-30-29-37-19-11-14-26-43(37)52(45)58(50(47)34-51(46)59)41-23-9-4-10-24-41/h2-34H,1,35H2. The Morgan fingerprint density at radius 3 is 1.83 bits per heavy atom. The Balaban J connectivity index is 1.19. The number of para-hydroxylation sites is 2. The first-order chi connectivity index (χ1) is 29.2. The number of benzene rings is 9. The fourth-order valence-corrected chi connectivity index (χ4v) is 8.77. The molecule has 0 N–H and O–H groups in total. The number of amidine groups is 2. The Hall–Kier alpha value is -7.89. The summed E-state index contributed by atoms with van der Waals surface area (Å²) in [5.41, 5.74) is 9.64.